The van der Waals surface area contributed by atoms with Crippen LogP contribution >= 0.6 is 24.0 Å². The molecule has 0 radical (unpaired) electrons. The number of hydrogen-bond donors (Lipinski definition) is 1. The average Bonchev–Trinajstić information content (AvgIpc) is 2.61. The number of anilines is 1. The van der Waals surface area contributed by atoms with E-state index in [-0.39, 0.29) is 5.75 Å². The van der Waals surface area contributed by atoms with Gasteiger partial charge in [0.05, 0.1) is 5.75 Å². The molecule has 0 aromatic heterocycles. The second kappa shape index (κ2) is 9.87. The Balaban J connectivity index is 1.67. The maximum Gasteiger partial charge on any atom is 0.316 e. The molecule has 1 fully saturated rings. The minimum Gasteiger partial charge on any atom is -0.455 e. The molecule has 0 aliphatic carbocycles. The Morgan fingerprint density at radius 1 is 1.38 bits per heavy atom. The molecule has 1 aromatic carbocycles. The predicted molar refractivity (Wildman–Crippen MR) is 106 cm³/mol. The minimum atomic E-state index is -0.515. The fraction of sp³-hybridized carbons (Fsp3) is 0.500. The van der Waals surface area contributed by atoms with Gasteiger partial charge < -0.3 is 15.0 Å². The summed E-state index contributed by atoms with van der Waals surface area (Å²) in [4.78, 5) is 25.7. The molecular formula is C18H23FN2O3S2. The van der Waals surface area contributed by atoms with Crippen LogP contribution in [0.2, 0.25) is 0 Å². The monoisotopic (exact) mass is 398 g/mol. The van der Waals surface area contributed by atoms with Gasteiger partial charge >= 0.3 is 5.97 Å². The highest BCUT2D eigenvalue weighted by molar-refractivity contribution is 8.23. The van der Waals surface area contributed by atoms with Crippen molar-refractivity contribution in [3.05, 3.63) is 29.6 Å². The number of carbonyl (C=O) groups is 2. The Hall–Kier alpha value is -1.67. The highest BCUT2D eigenvalue weighted by Gasteiger charge is 2.19. The normalized spacial score (nSPS) is 14.8. The van der Waals surface area contributed by atoms with Gasteiger partial charge in [-0.05, 0) is 43.4 Å². The van der Waals surface area contributed by atoms with E-state index >= 15 is 0 Å². The van der Waals surface area contributed by atoms with E-state index in [0.717, 1.165) is 25.9 Å². The molecule has 1 N–H and O–H groups in total. The number of nitrogens with zero attached hydrogens (tertiary/aromatic N) is 1. The van der Waals surface area contributed by atoms with Crippen molar-refractivity contribution >= 4 is 45.9 Å². The zero-order valence-corrected chi connectivity index (χ0v) is 16.6. The van der Waals surface area contributed by atoms with Crippen molar-refractivity contribution in [2.45, 2.75) is 26.7 Å². The number of nitrogens with one attached hydrogen (secondary N) is 1. The number of carbonyl (C=O) groups excluding carboxylic acids is 2. The van der Waals surface area contributed by atoms with Gasteiger partial charge in [-0.25, -0.2) is 4.39 Å². The third kappa shape index (κ3) is 6.57. The molecule has 1 heterocycles. The molecule has 26 heavy (non-hydrogen) atoms. The van der Waals surface area contributed by atoms with E-state index in [1.165, 1.54) is 17.8 Å². The Labute approximate surface area is 162 Å². The first-order valence-corrected chi connectivity index (χ1v) is 9.88. The summed E-state index contributed by atoms with van der Waals surface area (Å²) in [5, 5.41) is 2.49. The SMILES string of the molecule is Cc1ccc(NC(=O)COC(=O)CSC(=S)N2CCC(C)CC2)cc1F. The molecule has 0 unspecified atom stereocenters. The van der Waals surface area contributed by atoms with E-state index in [0.29, 0.717) is 21.5 Å². The molecular weight excluding hydrogens is 375 g/mol. The van der Waals surface area contributed by atoms with Crippen LogP contribution < -0.4 is 5.32 Å². The molecule has 0 saturated carbocycles. The first-order valence-electron chi connectivity index (χ1n) is 8.48. The van der Waals surface area contributed by atoms with Gasteiger partial charge in [0, 0.05) is 18.8 Å². The molecule has 142 valence electrons. The van der Waals surface area contributed by atoms with Crippen LogP contribution in [0.3, 0.4) is 0 Å². The number of amides is 1. The topological polar surface area (TPSA) is 58.6 Å². The number of halogens is 1. The lowest BCUT2D eigenvalue weighted by molar-refractivity contribution is -0.144. The molecule has 1 amide bonds. The first-order chi connectivity index (χ1) is 12.3. The number of piperidine rings is 1. The van der Waals surface area contributed by atoms with Gasteiger partial charge in [0.1, 0.15) is 10.1 Å². The largest absolute Gasteiger partial charge is 0.455 e. The predicted octanol–water partition coefficient (Wildman–Crippen LogP) is 3.37. The summed E-state index contributed by atoms with van der Waals surface area (Å²) in [5.74, 6) is -0.648. The standard InChI is InChI=1S/C18H23FN2O3S2/c1-12-5-7-21(8-6-12)18(25)26-11-17(23)24-10-16(22)20-14-4-3-13(2)15(19)9-14/h3-4,9,12H,5-8,10-11H2,1-2H3,(H,20,22). The van der Waals surface area contributed by atoms with Gasteiger partial charge in [0.15, 0.2) is 6.61 Å². The van der Waals surface area contributed by atoms with Crippen LogP contribution in [0.1, 0.15) is 25.3 Å². The highest BCUT2D eigenvalue weighted by Crippen LogP contribution is 2.20. The molecule has 1 saturated heterocycles. The summed E-state index contributed by atoms with van der Waals surface area (Å²) >= 11 is 6.60. The zero-order valence-electron chi connectivity index (χ0n) is 14.9. The molecule has 2 rings (SSSR count). The number of hydrogen-bond acceptors (Lipinski definition) is 5. The second-order valence-corrected chi connectivity index (χ2v) is 8.01. The Bertz CT molecular complexity index is 676. The average molecular weight is 399 g/mol. The lowest BCUT2D eigenvalue weighted by atomic mass is 10.00. The summed E-state index contributed by atoms with van der Waals surface area (Å²) < 4.78 is 19.1. The van der Waals surface area contributed by atoms with Gasteiger partial charge in [-0.2, -0.15) is 0 Å². The number of ether oxygens (including phenoxy) is 1. The molecule has 8 heteroatoms. The van der Waals surface area contributed by atoms with Gasteiger partial charge in [-0.15, -0.1) is 0 Å². The summed E-state index contributed by atoms with van der Waals surface area (Å²) in [6, 6.07) is 4.38. The van der Waals surface area contributed by atoms with Crippen molar-refractivity contribution in [3.63, 3.8) is 0 Å². The number of thiocarbonyl (C=S) groups is 1. The molecule has 0 atom stereocenters. The maximum atomic E-state index is 13.4. The first kappa shape index (κ1) is 20.6. The smallest absolute Gasteiger partial charge is 0.316 e. The lowest BCUT2D eigenvalue weighted by Gasteiger charge is -2.31. The number of likely N-dealkylation sites (tertiary alicyclic amines) is 1. The summed E-state index contributed by atoms with van der Waals surface area (Å²) in [7, 11) is 0. The second-order valence-electron chi connectivity index (χ2n) is 6.40. The Morgan fingerprint density at radius 3 is 2.73 bits per heavy atom. The summed E-state index contributed by atoms with van der Waals surface area (Å²) in [6.07, 6.45) is 2.20. The van der Waals surface area contributed by atoms with E-state index in [1.54, 1.807) is 19.1 Å². The molecule has 0 spiro atoms. The van der Waals surface area contributed by atoms with Gasteiger partial charge in [0.2, 0.25) is 0 Å². The van der Waals surface area contributed by atoms with Crippen LogP contribution in [-0.2, 0) is 14.3 Å². The quantitative estimate of drug-likeness (QED) is 0.606. The van der Waals surface area contributed by atoms with Crippen molar-refractivity contribution in [2.24, 2.45) is 5.92 Å². The van der Waals surface area contributed by atoms with Crippen molar-refractivity contribution in [2.75, 3.05) is 30.8 Å². The lowest BCUT2D eigenvalue weighted by Crippen LogP contribution is -2.35. The number of benzene rings is 1. The fourth-order valence-corrected chi connectivity index (χ4v) is 3.51. The van der Waals surface area contributed by atoms with Gasteiger partial charge in [0.25, 0.3) is 5.91 Å². The van der Waals surface area contributed by atoms with Gasteiger partial charge in [-0.1, -0.05) is 37.0 Å². The molecule has 1 aliphatic rings. The summed E-state index contributed by atoms with van der Waals surface area (Å²) in [6.45, 7) is 5.27. The Morgan fingerprint density at radius 2 is 2.08 bits per heavy atom. The number of aryl methyl sites for hydroxylation is 1. The van der Waals surface area contributed by atoms with Crippen LogP contribution in [0.5, 0.6) is 0 Å². The van der Waals surface area contributed by atoms with Crippen molar-refractivity contribution in [1.82, 2.24) is 4.90 Å². The number of esters is 1. The van der Waals surface area contributed by atoms with E-state index in [9.17, 15) is 14.0 Å². The van der Waals surface area contributed by atoms with Crippen LogP contribution in [0.25, 0.3) is 0 Å². The zero-order chi connectivity index (χ0) is 19.1. The van der Waals surface area contributed by atoms with Crippen molar-refractivity contribution < 1.29 is 18.7 Å². The molecule has 1 aromatic rings. The third-order valence-corrected chi connectivity index (χ3v) is 5.67. The summed E-state index contributed by atoms with van der Waals surface area (Å²) in [5.41, 5.74) is 0.814. The van der Waals surface area contributed by atoms with E-state index in [1.807, 2.05) is 0 Å². The maximum absolute atomic E-state index is 13.4. The van der Waals surface area contributed by atoms with E-state index in [2.05, 4.69) is 17.1 Å². The number of thioether (sulfide) groups is 1. The van der Waals surface area contributed by atoms with Crippen molar-refractivity contribution in [3.8, 4) is 0 Å². The van der Waals surface area contributed by atoms with E-state index in [4.69, 9.17) is 17.0 Å². The minimum absolute atomic E-state index is 0.0668. The Kier molecular flexibility index (Phi) is 7.84. The molecule has 0 bridgehead atoms. The van der Waals surface area contributed by atoms with Crippen LogP contribution in [0, 0.1) is 18.7 Å². The van der Waals surface area contributed by atoms with Gasteiger partial charge in [-0.3, -0.25) is 9.59 Å². The van der Waals surface area contributed by atoms with Crippen molar-refractivity contribution in [1.29, 1.82) is 0 Å². The van der Waals surface area contributed by atoms with Crippen LogP contribution in [0.15, 0.2) is 18.2 Å². The number of rotatable bonds is 5. The van der Waals surface area contributed by atoms with Crippen LogP contribution in [-0.4, -0.2) is 46.5 Å². The third-order valence-electron chi connectivity index (χ3n) is 4.18. The van der Waals surface area contributed by atoms with E-state index < -0.39 is 24.3 Å². The van der Waals surface area contributed by atoms with Crippen LogP contribution in [0.4, 0.5) is 10.1 Å². The fourth-order valence-electron chi connectivity index (χ4n) is 2.46. The molecule has 5 nitrogen and oxygen atoms in total. The highest BCUT2D eigenvalue weighted by atomic mass is 32.2. The molecule has 1 aliphatic heterocycles.